The summed E-state index contributed by atoms with van der Waals surface area (Å²) in [7, 11) is 0. The molecule has 0 unspecified atom stereocenters. The molecule has 0 saturated heterocycles. The highest BCUT2D eigenvalue weighted by Gasteiger charge is 2.21. The lowest BCUT2D eigenvalue weighted by molar-refractivity contribution is 0.469. The van der Waals surface area contributed by atoms with Gasteiger partial charge in [-0.1, -0.05) is 12.1 Å². The number of hydrogen-bond donors (Lipinski definition) is 2. The van der Waals surface area contributed by atoms with Gasteiger partial charge in [-0.25, -0.2) is 0 Å². The van der Waals surface area contributed by atoms with E-state index in [0.717, 1.165) is 30.5 Å². The normalized spacial score (nSPS) is 14.0. The van der Waals surface area contributed by atoms with Gasteiger partial charge in [0.25, 0.3) is 5.56 Å². The Balaban J connectivity index is 2.25. The molecule has 0 bridgehead atoms. The topological polar surface area (TPSA) is 58.0 Å². The number of H-pyrrole nitrogens is 1. The molecule has 2 N–H and O–H groups in total. The van der Waals surface area contributed by atoms with Gasteiger partial charge >= 0.3 is 0 Å². The Kier molecular flexibility index (Phi) is 1.89. The van der Waals surface area contributed by atoms with Gasteiger partial charge in [0, 0.05) is 11.3 Å². The highest BCUT2D eigenvalue weighted by molar-refractivity contribution is 5.47. The minimum atomic E-state index is -0.0317. The summed E-state index contributed by atoms with van der Waals surface area (Å²) in [4.78, 5) is 11.7. The second-order valence-corrected chi connectivity index (χ2v) is 4.04. The number of aromatic nitrogens is 2. The van der Waals surface area contributed by atoms with Gasteiger partial charge in [0.05, 0.1) is 0 Å². The monoisotopic (exact) mass is 216 g/mol. The Hall–Kier alpha value is -1.97. The van der Waals surface area contributed by atoms with Crippen molar-refractivity contribution in [2.75, 3.05) is 0 Å². The van der Waals surface area contributed by atoms with Crippen molar-refractivity contribution in [1.29, 1.82) is 0 Å². The molecule has 1 heterocycles. The Morgan fingerprint density at radius 3 is 2.88 bits per heavy atom. The summed E-state index contributed by atoms with van der Waals surface area (Å²) >= 11 is 0. The zero-order valence-electron chi connectivity index (χ0n) is 8.73. The zero-order chi connectivity index (χ0) is 11.1. The molecule has 0 fully saturated rings. The largest absolute Gasteiger partial charge is 0.506 e. The molecular weight excluding hydrogens is 204 g/mol. The van der Waals surface area contributed by atoms with E-state index in [0.29, 0.717) is 5.69 Å². The summed E-state index contributed by atoms with van der Waals surface area (Å²) in [5.41, 5.74) is 2.48. The van der Waals surface area contributed by atoms with E-state index >= 15 is 0 Å². The zero-order valence-corrected chi connectivity index (χ0v) is 8.73. The van der Waals surface area contributed by atoms with Crippen LogP contribution >= 0.6 is 0 Å². The van der Waals surface area contributed by atoms with Crippen LogP contribution < -0.4 is 5.56 Å². The van der Waals surface area contributed by atoms with E-state index in [2.05, 4.69) is 5.10 Å². The van der Waals surface area contributed by atoms with Crippen LogP contribution in [0.25, 0.3) is 5.69 Å². The molecule has 0 radical (unpaired) electrons. The van der Waals surface area contributed by atoms with Crippen molar-refractivity contribution in [3.8, 4) is 11.4 Å². The van der Waals surface area contributed by atoms with E-state index in [9.17, 15) is 9.90 Å². The Bertz CT molecular complexity index is 595. The number of phenolic OH excluding ortho intramolecular Hbond substituents is 1. The molecule has 0 amide bonds. The molecule has 4 nitrogen and oxygen atoms in total. The van der Waals surface area contributed by atoms with Gasteiger partial charge in [0.2, 0.25) is 0 Å². The fourth-order valence-corrected chi connectivity index (χ4v) is 2.31. The van der Waals surface area contributed by atoms with Crippen molar-refractivity contribution >= 4 is 0 Å². The van der Waals surface area contributed by atoms with Gasteiger partial charge in [-0.2, -0.15) is 0 Å². The number of phenols is 1. The molecule has 82 valence electrons. The fraction of sp³-hybridized carbons (Fsp3) is 0.250. The van der Waals surface area contributed by atoms with Crippen LogP contribution in [0.5, 0.6) is 5.75 Å². The van der Waals surface area contributed by atoms with Crippen LogP contribution in [0.4, 0.5) is 0 Å². The molecule has 0 spiro atoms. The van der Waals surface area contributed by atoms with Crippen molar-refractivity contribution < 1.29 is 5.11 Å². The maximum atomic E-state index is 11.7. The molecule has 1 aliphatic carbocycles. The van der Waals surface area contributed by atoms with Crippen LogP contribution in [0.15, 0.2) is 29.1 Å². The van der Waals surface area contributed by atoms with Gasteiger partial charge in [-0.3, -0.25) is 14.6 Å². The summed E-state index contributed by atoms with van der Waals surface area (Å²) < 4.78 is 1.71. The smallest absolute Gasteiger partial charge is 0.267 e. The summed E-state index contributed by atoms with van der Waals surface area (Å²) in [5, 5.41) is 12.5. The van der Waals surface area contributed by atoms with Gasteiger partial charge in [-0.05, 0) is 31.4 Å². The van der Waals surface area contributed by atoms with E-state index in [4.69, 9.17) is 0 Å². The quantitative estimate of drug-likeness (QED) is 0.756. The second kappa shape index (κ2) is 3.27. The van der Waals surface area contributed by atoms with Gasteiger partial charge in [0.1, 0.15) is 11.4 Å². The van der Waals surface area contributed by atoms with Crippen molar-refractivity contribution in [2.24, 2.45) is 0 Å². The maximum Gasteiger partial charge on any atom is 0.267 e. The number of rotatable bonds is 1. The number of nitrogens with one attached hydrogen (secondary N) is 1. The Morgan fingerprint density at radius 2 is 2.06 bits per heavy atom. The number of aromatic amines is 1. The van der Waals surface area contributed by atoms with E-state index in [-0.39, 0.29) is 11.3 Å². The third-order valence-corrected chi connectivity index (χ3v) is 3.07. The maximum absolute atomic E-state index is 11.7. The minimum absolute atomic E-state index is 0.0317. The van der Waals surface area contributed by atoms with E-state index in [1.54, 1.807) is 22.9 Å². The number of benzene rings is 1. The Labute approximate surface area is 92.1 Å². The third kappa shape index (κ3) is 1.19. The fourth-order valence-electron chi connectivity index (χ4n) is 2.31. The number of fused-ring (bicyclic) bond motifs is 1. The number of nitrogens with zero attached hydrogens (tertiary/aromatic N) is 1. The molecule has 0 aliphatic heterocycles. The molecule has 1 aromatic heterocycles. The van der Waals surface area contributed by atoms with Gasteiger partial charge in [-0.15, -0.1) is 0 Å². The van der Waals surface area contributed by atoms with Crippen molar-refractivity contribution in [3.63, 3.8) is 0 Å². The van der Waals surface area contributed by atoms with Crippen LogP contribution in [0.2, 0.25) is 0 Å². The third-order valence-electron chi connectivity index (χ3n) is 3.07. The van der Waals surface area contributed by atoms with Gasteiger partial charge in [0.15, 0.2) is 0 Å². The van der Waals surface area contributed by atoms with Crippen LogP contribution in [-0.4, -0.2) is 14.9 Å². The molecule has 4 heteroatoms. The number of para-hydroxylation sites is 2. The van der Waals surface area contributed by atoms with Crippen LogP contribution in [0.1, 0.15) is 17.7 Å². The molecule has 16 heavy (non-hydrogen) atoms. The first-order chi connectivity index (χ1) is 7.77. The van der Waals surface area contributed by atoms with Crippen molar-refractivity contribution in [3.05, 3.63) is 45.9 Å². The lowest BCUT2D eigenvalue weighted by atomic mass is 10.2. The average molecular weight is 216 g/mol. The number of aromatic hydroxyl groups is 1. The van der Waals surface area contributed by atoms with Crippen LogP contribution in [-0.2, 0) is 12.8 Å². The molecule has 1 aromatic carbocycles. The van der Waals surface area contributed by atoms with Crippen LogP contribution in [0, 0.1) is 0 Å². The highest BCUT2D eigenvalue weighted by Crippen LogP contribution is 2.25. The number of hydrogen-bond acceptors (Lipinski definition) is 2. The SMILES string of the molecule is O=c1[nH]n(-c2ccccc2O)c2c1CCC2. The molecule has 1 aliphatic rings. The van der Waals surface area contributed by atoms with E-state index in [1.807, 2.05) is 6.07 Å². The molecule has 0 atom stereocenters. The summed E-state index contributed by atoms with van der Waals surface area (Å²) in [6.45, 7) is 0. The average Bonchev–Trinajstić information content (AvgIpc) is 2.84. The predicted octanol–water partition coefficient (Wildman–Crippen LogP) is 1.36. The van der Waals surface area contributed by atoms with Crippen LogP contribution in [0.3, 0.4) is 0 Å². The predicted molar refractivity (Wildman–Crippen MR) is 60.1 cm³/mol. The van der Waals surface area contributed by atoms with Crippen molar-refractivity contribution in [1.82, 2.24) is 9.78 Å². The van der Waals surface area contributed by atoms with Gasteiger partial charge < -0.3 is 5.11 Å². The van der Waals surface area contributed by atoms with E-state index in [1.165, 1.54) is 0 Å². The molecule has 3 rings (SSSR count). The minimum Gasteiger partial charge on any atom is -0.506 e. The second-order valence-electron chi connectivity index (χ2n) is 4.04. The first-order valence-electron chi connectivity index (χ1n) is 5.38. The Morgan fingerprint density at radius 1 is 1.25 bits per heavy atom. The molecular formula is C12H12N2O2. The lowest BCUT2D eigenvalue weighted by Crippen LogP contribution is -2.08. The lowest BCUT2D eigenvalue weighted by Gasteiger charge is -2.07. The highest BCUT2D eigenvalue weighted by atomic mass is 16.3. The summed E-state index contributed by atoms with van der Waals surface area (Å²) in [5.74, 6) is 0.184. The first-order valence-corrected chi connectivity index (χ1v) is 5.38. The van der Waals surface area contributed by atoms with Crippen molar-refractivity contribution in [2.45, 2.75) is 19.3 Å². The standard InChI is InChI=1S/C12H12N2O2/c15-11-7-2-1-5-10(11)14-9-6-3-4-8(9)12(16)13-14/h1-2,5,7,15H,3-4,6H2,(H,13,16). The molecule has 0 saturated carbocycles. The molecule has 2 aromatic rings. The summed E-state index contributed by atoms with van der Waals surface area (Å²) in [6.07, 6.45) is 2.75. The summed E-state index contributed by atoms with van der Waals surface area (Å²) in [6, 6.07) is 7.02. The van der Waals surface area contributed by atoms with E-state index < -0.39 is 0 Å². The first kappa shape index (κ1) is 9.27.